The molecule has 1 saturated heterocycles. The Balaban J connectivity index is 3.20. The maximum atomic E-state index is 14.0. The molecule has 0 spiro atoms. The van der Waals surface area contributed by atoms with Crippen LogP contribution in [0.25, 0.3) is 0 Å². The summed E-state index contributed by atoms with van der Waals surface area (Å²) in [6, 6.07) is -1.49. The number of nitrogens with zero attached hydrogens (tertiary/aromatic N) is 1. The molecule has 116 valence electrons. The number of aliphatic hydroxyl groups excluding tert-OH is 1. The molecule has 0 saturated carbocycles. The van der Waals surface area contributed by atoms with Crippen LogP contribution in [0.4, 0.5) is 8.78 Å². The van der Waals surface area contributed by atoms with Crippen LogP contribution in [0.2, 0.25) is 0 Å². The summed E-state index contributed by atoms with van der Waals surface area (Å²) < 4.78 is 33.5. The topological polar surface area (TPSA) is 70.0 Å². The molecule has 2 N–H and O–H groups in total. The van der Waals surface area contributed by atoms with Crippen LogP contribution in [0.1, 0.15) is 34.6 Å². The van der Waals surface area contributed by atoms with E-state index in [0.717, 1.165) is 4.90 Å². The highest BCUT2D eigenvalue weighted by Crippen LogP contribution is 2.49. The second kappa shape index (κ2) is 4.79. The van der Waals surface area contributed by atoms with Crippen LogP contribution < -0.4 is 0 Å². The van der Waals surface area contributed by atoms with Crippen molar-refractivity contribution >= 4 is 5.97 Å². The number of aliphatic hydroxyl groups is 1. The molecule has 1 atom stereocenters. The van der Waals surface area contributed by atoms with Gasteiger partial charge in [-0.15, -0.1) is 0 Å². The van der Waals surface area contributed by atoms with Crippen molar-refractivity contribution in [3.8, 4) is 0 Å². The number of likely N-dealkylation sites (tertiary alicyclic amines) is 1. The van der Waals surface area contributed by atoms with Gasteiger partial charge in [-0.25, -0.2) is 13.6 Å². The van der Waals surface area contributed by atoms with Gasteiger partial charge in [-0.05, 0) is 20.8 Å². The van der Waals surface area contributed by atoms with Crippen molar-refractivity contribution < 1.29 is 28.5 Å². The highest BCUT2D eigenvalue weighted by atomic mass is 19.3. The van der Waals surface area contributed by atoms with E-state index >= 15 is 0 Å². The number of carboxylic acids is 1. The third kappa shape index (κ3) is 2.81. The van der Waals surface area contributed by atoms with Gasteiger partial charge in [0.1, 0.15) is 17.9 Å². The van der Waals surface area contributed by atoms with Gasteiger partial charge in [0.15, 0.2) is 0 Å². The van der Waals surface area contributed by atoms with Crippen LogP contribution in [0.15, 0.2) is 12.1 Å². The lowest BCUT2D eigenvalue weighted by Gasteiger charge is -2.33. The number of hydrogen-bond acceptors (Lipinski definition) is 4. The quantitative estimate of drug-likeness (QED) is 0.783. The summed E-state index contributed by atoms with van der Waals surface area (Å²) in [6.45, 7) is 6.58. The maximum Gasteiger partial charge on any atom is 0.327 e. The Morgan fingerprint density at radius 3 is 2.25 bits per heavy atom. The van der Waals surface area contributed by atoms with E-state index in [9.17, 15) is 23.8 Å². The number of halogens is 2. The second-order valence-electron chi connectivity index (χ2n) is 6.48. The van der Waals surface area contributed by atoms with E-state index in [4.69, 9.17) is 4.74 Å². The zero-order chi connectivity index (χ0) is 15.9. The molecule has 7 heteroatoms. The minimum absolute atomic E-state index is 0.268. The summed E-state index contributed by atoms with van der Waals surface area (Å²) in [5.41, 5.74) is -2.53. The standard InChI is InChI=1S/C13H21F2NO4/c1-11(2,3)20-8(6-17)16-7-13(14,15)12(4,5)9(16)10(18)19/h6,9,17H,7H2,1-5H3,(H,18,19)/b8-6+. The van der Waals surface area contributed by atoms with Crippen molar-refractivity contribution in [2.24, 2.45) is 5.41 Å². The van der Waals surface area contributed by atoms with E-state index in [-0.39, 0.29) is 5.88 Å². The first-order valence-electron chi connectivity index (χ1n) is 6.24. The Morgan fingerprint density at radius 2 is 1.90 bits per heavy atom. The van der Waals surface area contributed by atoms with Crippen molar-refractivity contribution in [1.29, 1.82) is 0 Å². The number of ether oxygens (including phenoxy) is 1. The van der Waals surface area contributed by atoms with Gasteiger partial charge in [0.05, 0.1) is 12.0 Å². The fraction of sp³-hybridized carbons (Fsp3) is 0.769. The normalized spacial score (nSPS) is 25.6. The van der Waals surface area contributed by atoms with Gasteiger partial charge in [-0.2, -0.15) is 0 Å². The third-order valence-electron chi connectivity index (χ3n) is 3.35. The molecule has 1 aliphatic heterocycles. The molecule has 0 aliphatic carbocycles. The van der Waals surface area contributed by atoms with Crippen molar-refractivity contribution in [3.63, 3.8) is 0 Å². The smallest absolute Gasteiger partial charge is 0.327 e. The van der Waals surface area contributed by atoms with Gasteiger partial charge in [0, 0.05) is 0 Å². The summed E-state index contributed by atoms with van der Waals surface area (Å²) in [6.07, 6.45) is 0.526. The minimum Gasteiger partial charge on any atom is -0.510 e. The average Bonchev–Trinajstić information content (AvgIpc) is 2.40. The van der Waals surface area contributed by atoms with Gasteiger partial charge in [0.25, 0.3) is 5.92 Å². The molecular formula is C13H21F2NO4. The Hall–Kier alpha value is -1.53. The van der Waals surface area contributed by atoms with Crippen LogP contribution in [0.5, 0.6) is 0 Å². The monoisotopic (exact) mass is 293 g/mol. The summed E-state index contributed by atoms with van der Waals surface area (Å²) in [5, 5.41) is 18.5. The molecular weight excluding hydrogens is 272 g/mol. The van der Waals surface area contributed by atoms with E-state index in [2.05, 4.69) is 0 Å². The number of rotatable bonds is 3. The van der Waals surface area contributed by atoms with E-state index in [1.807, 2.05) is 0 Å². The first-order chi connectivity index (χ1) is 8.83. The zero-order valence-corrected chi connectivity index (χ0v) is 12.3. The molecule has 0 aromatic rings. The summed E-state index contributed by atoms with van der Waals surface area (Å²) in [4.78, 5) is 12.3. The molecule has 0 radical (unpaired) electrons. The van der Waals surface area contributed by atoms with Gasteiger partial charge in [-0.3, -0.25) is 0 Å². The van der Waals surface area contributed by atoms with Gasteiger partial charge in [0.2, 0.25) is 5.88 Å². The van der Waals surface area contributed by atoms with Crippen molar-refractivity contribution in [1.82, 2.24) is 4.90 Å². The molecule has 0 amide bonds. The van der Waals surface area contributed by atoms with Crippen LogP contribution in [0, 0.1) is 5.41 Å². The summed E-state index contributed by atoms with van der Waals surface area (Å²) in [7, 11) is 0. The fourth-order valence-corrected chi connectivity index (χ4v) is 2.22. The number of aliphatic carboxylic acids is 1. The molecule has 20 heavy (non-hydrogen) atoms. The SMILES string of the molecule is CC(C)(C)O/C(=C/O)N1CC(F)(F)C(C)(C)C1C(=O)O. The third-order valence-corrected chi connectivity index (χ3v) is 3.35. The minimum atomic E-state index is -3.22. The zero-order valence-electron chi connectivity index (χ0n) is 12.3. The van der Waals surface area contributed by atoms with Crippen LogP contribution in [-0.2, 0) is 9.53 Å². The molecule has 1 unspecified atom stereocenters. The molecule has 1 aliphatic rings. The van der Waals surface area contributed by atoms with Crippen molar-refractivity contribution in [3.05, 3.63) is 12.1 Å². The van der Waals surface area contributed by atoms with E-state index in [1.54, 1.807) is 20.8 Å². The predicted molar refractivity (Wildman–Crippen MR) is 68.4 cm³/mol. The maximum absolute atomic E-state index is 14.0. The van der Waals surface area contributed by atoms with Gasteiger partial charge < -0.3 is 19.8 Å². The number of hydrogen-bond donors (Lipinski definition) is 2. The van der Waals surface area contributed by atoms with E-state index in [0.29, 0.717) is 6.26 Å². The highest BCUT2D eigenvalue weighted by molar-refractivity contribution is 5.76. The van der Waals surface area contributed by atoms with Crippen molar-refractivity contribution in [2.75, 3.05) is 6.54 Å². The lowest BCUT2D eigenvalue weighted by molar-refractivity contribution is -0.150. The summed E-state index contributed by atoms with van der Waals surface area (Å²) >= 11 is 0. The molecule has 1 rings (SSSR count). The van der Waals surface area contributed by atoms with Gasteiger partial charge >= 0.3 is 5.97 Å². The average molecular weight is 293 g/mol. The first-order valence-corrected chi connectivity index (χ1v) is 6.24. The molecule has 0 aromatic carbocycles. The molecule has 0 aromatic heterocycles. The number of carboxylic acid groups (broad SMARTS) is 1. The van der Waals surface area contributed by atoms with E-state index < -0.39 is 35.5 Å². The predicted octanol–water partition coefficient (Wildman–Crippen LogP) is 2.59. The lowest BCUT2D eigenvalue weighted by atomic mass is 9.82. The molecule has 0 bridgehead atoms. The Bertz CT molecular complexity index is 427. The molecule has 1 heterocycles. The summed E-state index contributed by atoms with van der Waals surface area (Å²) in [5.74, 6) is -4.87. The Labute approximate surface area is 116 Å². The lowest BCUT2D eigenvalue weighted by Crippen LogP contribution is -2.46. The molecule has 1 fully saturated rings. The van der Waals surface area contributed by atoms with Gasteiger partial charge in [-0.1, -0.05) is 13.8 Å². The van der Waals surface area contributed by atoms with Crippen molar-refractivity contribution in [2.45, 2.75) is 52.2 Å². The van der Waals surface area contributed by atoms with Crippen LogP contribution in [-0.4, -0.2) is 45.2 Å². The Kier molecular flexibility index (Phi) is 3.95. The Morgan fingerprint density at radius 1 is 1.40 bits per heavy atom. The fourth-order valence-electron chi connectivity index (χ4n) is 2.22. The first kappa shape index (κ1) is 16.5. The largest absolute Gasteiger partial charge is 0.510 e. The highest BCUT2D eigenvalue weighted by Gasteiger charge is 2.64. The second-order valence-corrected chi connectivity index (χ2v) is 6.48. The van der Waals surface area contributed by atoms with Crippen LogP contribution in [0.3, 0.4) is 0 Å². The number of alkyl halides is 2. The van der Waals surface area contributed by atoms with Crippen LogP contribution >= 0.6 is 0 Å². The van der Waals surface area contributed by atoms with E-state index in [1.165, 1.54) is 13.8 Å². The molecule has 5 nitrogen and oxygen atoms in total. The number of carbonyl (C=O) groups is 1.